The number of nitrogens with zero attached hydrogens (tertiary/aromatic N) is 1. The Balaban J connectivity index is 1.93. The zero-order valence-electron chi connectivity index (χ0n) is 12.6. The van der Waals surface area contributed by atoms with Crippen molar-refractivity contribution in [3.05, 3.63) is 0 Å². The summed E-state index contributed by atoms with van der Waals surface area (Å²) in [6.07, 6.45) is 6.81. The second kappa shape index (κ2) is 7.58. The van der Waals surface area contributed by atoms with Crippen LogP contribution in [0, 0.1) is 0 Å². The van der Waals surface area contributed by atoms with Gasteiger partial charge >= 0.3 is 0 Å². The van der Waals surface area contributed by atoms with Crippen LogP contribution in [0.15, 0.2) is 0 Å². The molecule has 2 rings (SSSR count). The average molecular weight is 270 g/mol. The lowest BCUT2D eigenvalue weighted by molar-refractivity contribution is -0.0382. The number of nitrogens with one attached hydrogen (secondary N) is 1. The maximum atomic E-state index is 5.52. The third-order valence-corrected chi connectivity index (χ3v) is 4.66. The molecule has 0 aromatic carbocycles. The van der Waals surface area contributed by atoms with Gasteiger partial charge in [-0.1, -0.05) is 19.3 Å². The molecule has 0 spiro atoms. The van der Waals surface area contributed by atoms with Crippen molar-refractivity contribution >= 4 is 0 Å². The van der Waals surface area contributed by atoms with Gasteiger partial charge in [0.1, 0.15) is 0 Å². The minimum absolute atomic E-state index is 0.365. The Morgan fingerprint density at radius 3 is 2.53 bits per heavy atom. The summed E-state index contributed by atoms with van der Waals surface area (Å²) in [6, 6.07) is 0.435. The molecule has 1 aliphatic carbocycles. The number of ether oxygens (including phenoxy) is 2. The summed E-state index contributed by atoms with van der Waals surface area (Å²) in [7, 11) is 1.77. The molecule has 0 amide bonds. The van der Waals surface area contributed by atoms with E-state index in [2.05, 4.69) is 17.1 Å². The van der Waals surface area contributed by atoms with E-state index in [0.29, 0.717) is 11.6 Å². The highest BCUT2D eigenvalue weighted by molar-refractivity contribution is 4.96. The van der Waals surface area contributed by atoms with E-state index in [1.807, 2.05) is 0 Å². The van der Waals surface area contributed by atoms with Crippen LogP contribution in [0.25, 0.3) is 0 Å². The zero-order valence-corrected chi connectivity index (χ0v) is 12.6. The quantitative estimate of drug-likeness (QED) is 0.796. The standard InChI is InChI=1S/C15H30N2O2/c1-14(12-18-2)16-13-15(6-4-3-5-7-15)17-8-10-19-11-9-17/h14,16H,3-13H2,1-2H3/t14-/m1/s1. The largest absolute Gasteiger partial charge is 0.383 e. The second-order valence-corrected chi connectivity index (χ2v) is 6.12. The molecule has 1 aliphatic heterocycles. The first-order valence-corrected chi connectivity index (χ1v) is 7.82. The van der Waals surface area contributed by atoms with Crippen LogP contribution in [0.1, 0.15) is 39.0 Å². The third-order valence-electron chi connectivity index (χ3n) is 4.66. The monoisotopic (exact) mass is 270 g/mol. The van der Waals surface area contributed by atoms with Gasteiger partial charge in [-0.25, -0.2) is 0 Å². The Kier molecular flexibility index (Phi) is 6.07. The van der Waals surface area contributed by atoms with Gasteiger partial charge in [0, 0.05) is 38.3 Å². The van der Waals surface area contributed by atoms with Crippen molar-refractivity contribution in [2.45, 2.75) is 50.6 Å². The normalized spacial score (nSPS) is 26.2. The SMILES string of the molecule is COC[C@@H](C)NCC1(N2CCOCC2)CCCCC1. The lowest BCUT2D eigenvalue weighted by atomic mass is 9.79. The fourth-order valence-electron chi connectivity index (χ4n) is 3.53. The number of rotatable bonds is 6. The molecular weight excluding hydrogens is 240 g/mol. The highest BCUT2D eigenvalue weighted by atomic mass is 16.5. The van der Waals surface area contributed by atoms with Crippen LogP contribution in [0.5, 0.6) is 0 Å². The molecule has 1 atom stereocenters. The summed E-state index contributed by atoms with van der Waals surface area (Å²) in [5.74, 6) is 0. The van der Waals surface area contributed by atoms with Crippen molar-refractivity contribution in [1.29, 1.82) is 0 Å². The van der Waals surface area contributed by atoms with E-state index in [9.17, 15) is 0 Å². The third kappa shape index (κ3) is 4.15. The predicted molar refractivity (Wildman–Crippen MR) is 77.5 cm³/mol. The van der Waals surface area contributed by atoms with Gasteiger partial charge in [-0.05, 0) is 19.8 Å². The Morgan fingerprint density at radius 2 is 1.89 bits per heavy atom. The molecular formula is C15H30N2O2. The molecule has 1 saturated carbocycles. The van der Waals surface area contributed by atoms with Crippen LogP contribution < -0.4 is 5.32 Å². The number of hydrogen-bond donors (Lipinski definition) is 1. The van der Waals surface area contributed by atoms with E-state index in [-0.39, 0.29) is 0 Å². The Bertz CT molecular complexity index is 249. The molecule has 1 N–H and O–H groups in total. The van der Waals surface area contributed by atoms with Crippen molar-refractivity contribution in [3.63, 3.8) is 0 Å². The van der Waals surface area contributed by atoms with Crippen LogP contribution in [-0.2, 0) is 9.47 Å². The first kappa shape index (κ1) is 15.2. The van der Waals surface area contributed by atoms with Crippen LogP contribution in [0.3, 0.4) is 0 Å². The summed E-state index contributed by atoms with van der Waals surface area (Å²) in [5.41, 5.74) is 0.365. The lowest BCUT2D eigenvalue weighted by Crippen LogP contribution is -2.60. The van der Waals surface area contributed by atoms with Gasteiger partial charge in [-0.15, -0.1) is 0 Å². The Morgan fingerprint density at radius 1 is 1.21 bits per heavy atom. The van der Waals surface area contributed by atoms with Crippen LogP contribution in [0.2, 0.25) is 0 Å². The van der Waals surface area contributed by atoms with Gasteiger partial charge in [-0.2, -0.15) is 0 Å². The van der Waals surface area contributed by atoms with Crippen molar-refractivity contribution in [3.8, 4) is 0 Å². The zero-order chi connectivity index (χ0) is 13.6. The topological polar surface area (TPSA) is 33.7 Å². The molecule has 2 aliphatic rings. The molecule has 0 unspecified atom stereocenters. The average Bonchev–Trinajstić information content (AvgIpc) is 2.47. The molecule has 0 aromatic rings. The van der Waals surface area contributed by atoms with Crippen LogP contribution in [0.4, 0.5) is 0 Å². The highest BCUT2D eigenvalue weighted by Crippen LogP contribution is 2.33. The molecule has 4 heteroatoms. The molecule has 1 heterocycles. The fourth-order valence-corrected chi connectivity index (χ4v) is 3.53. The van der Waals surface area contributed by atoms with Gasteiger partial charge in [0.2, 0.25) is 0 Å². The van der Waals surface area contributed by atoms with E-state index >= 15 is 0 Å². The van der Waals surface area contributed by atoms with Gasteiger partial charge in [0.05, 0.1) is 19.8 Å². The molecule has 2 fully saturated rings. The first-order chi connectivity index (χ1) is 9.27. The van der Waals surface area contributed by atoms with Crippen LogP contribution >= 0.6 is 0 Å². The van der Waals surface area contributed by atoms with Gasteiger partial charge in [-0.3, -0.25) is 4.90 Å². The molecule has 0 bridgehead atoms. The maximum Gasteiger partial charge on any atom is 0.0613 e. The van der Waals surface area contributed by atoms with Crippen molar-refractivity contribution in [2.24, 2.45) is 0 Å². The van der Waals surface area contributed by atoms with Gasteiger partial charge in [0.25, 0.3) is 0 Å². The molecule has 0 aromatic heterocycles. The molecule has 1 saturated heterocycles. The maximum absolute atomic E-state index is 5.52. The molecule has 0 radical (unpaired) electrons. The Hall–Kier alpha value is -0.160. The highest BCUT2D eigenvalue weighted by Gasteiger charge is 2.38. The molecule has 4 nitrogen and oxygen atoms in total. The smallest absolute Gasteiger partial charge is 0.0613 e. The summed E-state index contributed by atoms with van der Waals surface area (Å²) >= 11 is 0. The van der Waals surface area contributed by atoms with Crippen molar-refractivity contribution in [2.75, 3.05) is 46.6 Å². The summed E-state index contributed by atoms with van der Waals surface area (Å²) in [5, 5.41) is 3.68. The second-order valence-electron chi connectivity index (χ2n) is 6.12. The van der Waals surface area contributed by atoms with E-state index in [0.717, 1.165) is 39.5 Å². The summed E-state index contributed by atoms with van der Waals surface area (Å²) in [6.45, 7) is 8.08. The van der Waals surface area contributed by atoms with E-state index in [4.69, 9.17) is 9.47 Å². The summed E-state index contributed by atoms with van der Waals surface area (Å²) < 4.78 is 10.7. The van der Waals surface area contributed by atoms with Crippen LogP contribution in [-0.4, -0.2) is 63.0 Å². The summed E-state index contributed by atoms with van der Waals surface area (Å²) in [4.78, 5) is 2.68. The van der Waals surface area contributed by atoms with Gasteiger partial charge < -0.3 is 14.8 Å². The van der Waals surface area contributed by atoms with Gasteiger partial charge in [0.15, 0.2) is 0 Å². The fraction of sp³-hybridized carbons (Fsp3) is 1.00. The van der Waals surface area contributed by atoms with E-state index in [1.54, 1.807) is 7.11 Å². The molecule has 19 heavy (non-hydrogen) atoms. The first-order valence-electron chi connectivity index (χ1n) is 7.82. The van der Waals surface area contributed by atoms with E-state index in [1.165, 1.54) is 32.1 Å². The predicted octanol–water partition coefficient (Wildman–Crippen LogP) is 1.65. The number of methoxy groups -OCH3 is 1. The van der Waals surface area contributed by atoms with E-state index < -0.39 is 0 Å². The molecule has 112 valence electrons. The Labute approximate surface area is 117 Å². The lowest BCUT2D eigenvalue weighted by Gasteiger charge is -2.48. The number of morpholine rings is 1. The minimum atomic E-state index is 0.365. The van der Waals surface area contributed by atoms with Crippen molar-refractivity contribution in [1.82, 2.24) is 10.2 Å². The van der Waals surface area contributed by atoms with Crippen molar-refractivity contribution < 1.29 is 9.47 Å². The minimum Gasteiger partial charge on any atom is -0.383 e. The number of hydrogen-bond acceptors (Lipinski definition) is 4.